The summed E-state index contributed by atoms with van der Waals surface area (Å²) >= 11 is 0. The zero-order chi connectivity index (χ0) is 8.77. The first-order valence-electron chi connectivity index (χ1n) is 3.99. The maximum absolute atomic E-state index is 10.7. The summed E-state index contributed by atoms with van der Waals surface area (Å²) in [6, 6.07) is 0. The fourth-order valence-corrected chi connectivity index (χ4v) is 2.01. The minimum atomic E-state index is -0.793. The molecular formula is C7H10N2O3. The number of hydrogen-bond acceptors (Lipinski definition) is 3. The molecule has 0 amide bonds. The first kappa shape index (κ1) is 7.52. The van der Waals surface area contributed by atoms with Crippen molar-refractivity contribution in [2.45, 2.75) is 12.8 Å². The fraction of sp³-hybridized carbons (Fsp3) is 0.857. The summed E-state index contributed by atoms with van der Waals surface area (Å²) in [7, 11) is 0. The van der Waals surface area contributed by atoms with Crippen molar-refractivity contribution in [3.05, 3.63) is 4.91 Å². The summed E-state index contributed by atoms with van der Waals surface area (Å²) < 4.78 is 0. The van der Waals surface area contributed by atoms with Gasteiger partial charge in [0, 0.05) is 12.0 Å². The number of nitrogens with zero attached hydrogens (tertiary/aromatic N) is 2. The third-order valence-electron chi connectivity index (χ3n) is 2.94. The molecule has 0 aromatic rings. The van der Waals surface area contributed by atoms with Crippen LogP contribution in [-0.2, 0) is 4.79 Å². The van der Waals surface area contributed by atoms with E-state index >= 15 is 0 Å². The van der Waals surface area contributed by atoms with Crippen molar-refractivity contribution in [1.29, 1.82) is 0 Å². The van der Waals surface area contributed by atoms with Crippen LogP contribution in [0.5, 0.6) is 0 Å². The maximum Gasteiger partial charge on any atom is 0.309 e. The lowest BCUT2D eigenvalue weighted by molar-refractivity contribution is -0.142. The molecule has 0 aromatic carbocycles. The van der Waals surface area contributed by atoms with Gasteiger partial charge in [0.15, 0.2) is 0 Å². The van der Waals surface area contributed by atoms with E-state index in [1.165, 1.54) is 5.01 Å². The molecule has 5 nitrogen and oxygen atoms in total. The third-order valence-corrected chi connectivity index (χ3v) is 2.94. The lowest BCUT2D eigenvalue weighted by Gasteiger charge is -2.09. The number of carboxylic acid groups (broad SMARTS) is 1. The van der Waals surface area contributed by atoms with Crippen LogP contribution in [-0.4, -0.2) is 29.2 Å². The Kier molecular flexibility index (Phi) is 1.37. The normalized spacial score (nSPS) is 30.7. The van der Waals surface area contributed by atoms with E-state index in [1.54, 1.807) is 0 Å². The van der Waals surface area contributed by atoms with E-state index in [4.69, 9.17) is 5.11 Å². The second-order valence-corrected chi connectivity index (χ2v) is 3.68. The monoisotopic (exact) mass is 170 g/mol. The second-order valence-electron chi connectivity index (χ2n) is 3.68. The van der Waals surface area contributed by atoms with Crippen LogP contribution in [0.1, 0.15) is 12.8 Å². The van der Waals surface area contributed by atoms with E-state index in [0.717, 1.165) is 12.8 Å². The van der Waals surface area contributed by atoms with E-state index in [2.05, 4.69) is 5.29 Å². The molecule has 12 heavy (non-hydrogen) atoms. The van der Waals surface area contributed by atoms with Gasteiger partial charge in [0.1, 0.15) is 0 Å². The van der Waals surface area contributed by atoms with Crippen molar-refractivity contribution in [2.75, 3.05) is 13.1 Å². The van der Waals surface area contributed by atoms with E-state index in [1.807, 2.05) is 0 Å². The summed E-state index contributed by atoms with van der Waals surface area (Å²) in [5, 5.41) is 12.9. The zero-order valence-corrected chi connectivity index (χ0v) is 6.56. The molecule has 1 spiro atoms. The predicted molar refractivity (Wildman–Crippen MR) is 40.2 cm³/mol. The Balaban J connectivity index is 2.14. The lowest BCUT2D eigenvalue weighted by atomic mass is 9.93. The Morgan fingerprint density at radius 1 is 1.58 bits per heavy atom. The molecule has 2 aliphatic rings. The van der Waals surface area contributed by atoms with Gasteiger partial charge in [-0.1, -0.05) is 0 Å². The molecule has 1 N–H and O–H groups in total. The number of carboxylic acids is 1. The van der Waals surface area contributed by atoms with Gasteiger partial charge in [0.25, 0.3) is 0 Å². The van der Waals surface area contributed by atoms with Gasteiger partial charge in [-0.05, 0) is 12.8 Å². The van der Waals surface area contributed by atoms with Gasteiger partial charge in [-0.3, -0.25) is 9.80 Å². The standard InChI is InChI=1S/C7H10N2O3/c10-6(11)5-3-9(8-12)4-7(5)1-2-7/h5H,1-4H2,(H,10,11). The van der Waals surface area contributed by atoms with E-state index in [9.17, 15) is 9.70 Å². The number of nitroso groups, excluding NO2 is 1. The van der Waals surface area contributed by atoms with Crippen LogP contribution in [0.4, 0.5) is 0 Å². The molecule has 1 atom stereocenters. The van der Waals surface area contributed by atoms with E-state index < -0.39 is 5.97 Å². The van der Waals surface area contributed by atoms with Crippen LogP contribution >= 0.6 is 0 Å². The summed E-state index contributed by atoms with van der Waals surface area (Å²) in [5.74, 6) is -1.17. The smallest absolute Gasteiger partial charge is 0.309 e. The minimum absolute atomic E-state index is 0.111. The summed E-state index contributed by atoms with van der Waals surface area (Å²) in [5.41, 5.74) is -0.111. The van der Waals surface area contributed by atoms with Gasteiger partial charge >= 0.3 is 5.97 Å². The van der Waals surface area contributed by atoms with E-state index in [0.29, 0.717) is 13.1 Å². The summed E-state index contributed by atoms with van der Waals surface area (Å²) in [4.78, 5) is 20.9. The highest BCUT2D eigenvalue weighted by molar-refractivity contribution is 5.72. The highest BCUT2D eigenvalue weighted by Gasteiger charge is 2.58. The Labute approximate surface area is 69.3 Å². The van der Waals surface area contributed by atoms with Crippen LogP contribution in [0.15, 0.2) is 5.29 Å². The molecule has 5 heteroatoms. The maximum atomic E-state index is 10.7. The van der Waals surface area contributed by atoms with Gasteiger partial charge in [-0.25, -0.2) is 0 Å². The van der Waals surface area contributed by atoms with Crippen molar-refractivity contribution >= 4 is 5.97 Å². The molecule has 66 valence electrons. The van der Waals surface area contributed by atoms with E-state index in [-0.39, 0.29) is 11.3 Å². The quantitative estimate of drug-likeness (QED) is 0.611. The molecular weight excluding hydrogens is 160 g/mol. The third kappa shape index (κ3) is 0.888. The lowest BCUT2D eigenvalue weighted by Crippen LogP contribution is -2.23. The number of carbonyl (C=O) groups is 1. The molecule has 2 fully saturated rings. The minimum Gasteiger partial charge on any atom is -0.481 e. The van der Waals surface area contributed by atoms with Crippen LogP contribution in [0, 0.1) is 16.2 Å². The van der Waals surface area contributed by atoms with Crippen LogP contribution < -0.4 is 0 Å². The topological polar surface area (TPSA) is 70.0 Å². The molecule has 1 saturated carbocycles. The largest absolute Gasteiger partial charge is 0.481 e. The van der Waals surface area contributed by atoms with Crippen LogP contribution in [0.25, 0.3) is 0 Å². The summed E-state index contributed by atoms with van der Waals surface area (Å²) in [6.45, 7) is 0.826. The Morgan fingerprint density at radius 2 is 2.25 bits per heavy atom. The number of aliphatic carboxylic acids is 1. The molecule has 1 saturated heterocycles. The molecule has 1 heterocycles. The van der Waals surface area contributed by atoms with Crippen molar-refractivity contribution in [1.82, 2.24) is 5.01 Å². The highest BCUT2D eigenvalue weighted by Crippen LogP contribution is 2.56. The summed E-state index contributed by atoms with van der Waals surface area (Å²) in [6.07, 6.45) is 1.85. The SMILES string of the molecule is O=NN1CC(C(=O)O)C2(CC2)C1. The van der Waals surface area contributed by atoms with Gasteiger partial charge in [0.05, 0.1) is 17.7 Å². The molecule has 0 bridgehead atoms. The average molecular weight is 170 g/mol. The first-order chi connectivity index (χ1) is 5.68. The predicted octanol–water partition coefficient (Wildman–Crippen LogP) is 0.464. The molecule has 2 rings (SSSR count). The molecule has 0 aromatic heterocycles. The number of rotatable bonds is 2. The van der Waals surface area contributed by atoms with Gasteiger partial charge in [0.2, 0.25) is 0 Å². The second kappa shape index (κ2) is 2.18. The zero-order valence-electron chi connectivity index (χ0n) is 6.56. The van der Waals surface area contributed by atoms with Crippen molar-refractivity contribution in [2.24, 2.45) is 16.6 Å². The molecule has 0 radical (unpaired) electrons. The van der Waals surface area contributed by atoms with Gasteiger partial charge < -0.3 is 5.11 Å². The van der Waals surface area contributed by atoms with Gasteiger partial charge in [-0.15, -0.1) is 4.91 Å². The Hall–Kier alpha value is -1.13. The number of hydrogen-bond donors (Lipinski definition) is 1. The molecule has 1 unspecified atom stereocenters. The first-order valence-corrected chi connectivity index (χ1v) is 3.99. The van der Waals surface area contributed by atoms with Crippen molar-refractivity contribution in [3.63, 3.8) is 0 Å². The highest BCUT2D eigenvalue weighted by atomic mass is 16.4. The average Bonchev–Trinajstić information content (AvgIpc) is 2.64. The van der Waals surface area contributed by atoms with Crippen molar-refractivity contribution < 1.29 is 9.90 Å². The van der Waals surface area contributed by atoms with Crippen LogP contribution in [0.3, 0.4) is 0 Å². The van der Waals surface area contributed by atoms with Gasteiger partial charge in [-0.2, -0.15) is 0 Å². The fourth-order valence-electron chi connectivity index (χ4n) is 2.01. The Bertz CT molecular complexity index is 237. The Morgan fingerprint density at radius 3 is 2.58 bits per heavy atom. The molecule has 1 aliphatic heterocycles. The molecule has 1 aliphatic carbocycles. The van der Waals surface area contributed by atoms with Crippen LogP contribution in [0.2, 0.25) is 0 Å². The van der Waals surface area contributed by atoms with Crippen molar-refractivity contribution in [3.8, 4) is 0 Å².